The molecule has 0 spiro atoms. The van der Waals surface area contributed by atoms with Gasteiger partial charge in [-0.2, -0.15) is 0 Å². The van der Waals surface area contributed by atoms with Crippen LogP contribution in [-0.4, -0.2) is 77.7 Å². The zero-order valence-electron chi connectivity index (χ0n) is 20.2. The molecule has 2 aromatic rings. The van der Waals surface area contributed by atoms with E-state index >= 15 is 0 Å². The zero-order chi connectivity index (χ0) is 24.9. The van der Waals surface area contributed by atoms with Gasteiger partial charge >= 0.3 is 0 Å². The summed E-state index contributed by atoms with van der Waals surface area (Å²) in [6, 6.07) is 11.2. The van der Waals surface area contributed by atoms with E-state index in [2.05, 4.69) is 4.90 Å². The van der Waals surface area contributed by atoms with Gasteiger partial charge in [0.05, 0.1) is 37.0 Å². The molecule has 0 radical (unpaired) electrons. The number of aliphatic hydroxyl groups is 1. The van der Waals surface area contributed by atoms with E-state index in [9.17, 15) is 19.8 Å². The minimum Gasteiger partial charge on any atom is -0.507 e. The fourth-order valence-corrected chi connectivity index (χ4v) is 4.48. The fourth-order valence-electron chi connectivity index (χ4n) is 4.48. The molecule has 0 aliphatic carbocycles. The van der Waals surface area contributed by atoms with E-state index in [0.717, 1.165) is 25.1 Å². The maximum absolute atomic E-state index is 13.2. The summed E-state index contributed by atoms with van der Waals surface area (Å²) in [7, 11) is 0. The third kappa shape index (κ3) is 5.33. The predicted octanol–water partition coefficient (Wildman–Crippen LogP) is 3.24. The van der Waals surface area contributed by atoms with Crippen molar-refractivity contribution in [3.63, 3.8) is 0 Å². The maximum Gasteiger partial charge on any atom is 0.295 e. The van der Waals surface area contributed by atoms with Gasteiger partial charge in [-0.25, -0.2) is 0 Å². The van der Waals surface area contributed by atoms with Crippen LogP contribution in [0.3, 0.4) is 0 Å². The average molecular weight is 481 g/mol. The highest BCUT2D eigenvalue weighted by molar-refractivity contribution is 6.46. The van der Waals surface area contributed by atoms with Crippen LogP contribution in [0.1, 0.15) is 36.1 Å². The Kier molecular flexibility index (Phi) is 7.73. The number of ether oxygens (including phenoxy) is 2. The second-order valence-electron chi connectivity index (χ2n) is 8.88. The normalized spacial score (nSPS) is 20.4. The van der Waals surface area contributed by atoms with Crippen molar-refractivity contribution in [2.75, 3.05) is 46.0 Å². The van der Waals surface area contributed by atoms with Crippen molar-refractivity contribution in [3.8, 4) is 11.5 Å². The van der Waals surface area contributed by atoms with Gasteiger partial charge in [0, 0.05) is 26.2 Å². The number of carbonyl (C=O) groups is 2. The second kappa shape index (κ2) is 10.9. The Bertz CT molecular complexity index is 1110. The van der Waals surface area contributed by atoms with Crippen LogP contribution in [0, 0.1) is 6.92 Å². The number of rotatable bonds is 8. The molecule has 8 heteroatoms. The van der Waals surface area contributed by atoms with Crippen LogP contribution in [-0.2, 0) is 14.3 Å². The van der Waals surface area contributed by atoms with Crippen LogP contribution in [0.5, 0.6) is 11.5 Å². The van der Waals surface area contributed by atoms with E-state index < -0.39 is 17.7 Å². The van der Waals surface area contributed by atoms with Crippen LogP contribution in [0.2, 0.25) is 0 Å². The van der Waals surface area contributed by atoms with Crippen molar-refractivity contribution in [2.24, 2.45) is 0 Å². The summed E-state index contributed by atoms with van der Waals surface area (Å²) < 4.78 is 11.1. The first-order chi connectivity index (χ1) is 16.9. The quantitative estimate of drug-likeness (QED) is 0.340. The Balaban J connectivity index is 1.73. The van der Waals surface area contributed by atoms with Crippen molar-refractivity contribution in [1.82, 2.24) is 9.80 Å². The first-order valence-corrected chi connectivity index (χ1v) is 12.0. The number of hydrogen-bond donors (Lipinski definition) is 2. The molecule has 186 valence electrons. The first-order valence-electron chi connectivity index (χ1n) is 12.0. The standard InChI is InChI=1S/C27H32N2O6/c1-3-14-35-20-7-5-19(6-8-20)24-23(25(31)21-17-18(2)4-9-22(21)30)26(32)27(33)29(24)11-10-28-12-15-34-16-13-28/h4-9,17,24,30-31H,3,10-16H2,1-2H3. The molecular weight excluding hydrogens is 448 g/mol. The number of amides is 1. The third-order valence-electron chi connectivity index (χ3n) is 6.38. The Morgan fingerprint density at radius 2 is 1.80 bits per heavy atom. The molecule has 2 saturated heterocycles. The molecule has 1 amide bonds. The van der Waals surface area contributed by atoms with Gasteiger partial charge in [0.15, 0.2) is 0 Å². The van der Waals surface area contributed by atoms with Crippen LogP contribution in [0.15, 0.2) is 48.0 Å². The molecule has 1 atom stereocenters. The molecule has 2 aliphatic heterocycles. The molecule has 2 aromatic carbocycles. The lowest BCUT2D eigenvalue weighted by molar-refractivity contribution is -0.140. The first kappa shape index (κ1) is 24.8. The summed E-state index contributed by atoms with van der Waals surface area (Å²) in [5, 5.41) is 21.6. The average Bonchev–Trinajstić information content (AvgIpc) is 3.13. The van der Waals surface area contributed by atoms with Crippen LogP contribution < -0.4 is 4.74 Å². The summed E-state index contributed by atoms with van der Waals surface area (Å²) >= 11 is 0. The van der Waals surface area contributed by atoms with E-state index in [1.807, 2.05) is 26.0 Å². The summed E-state index contributed by atoms with van der Waals surface area (Å²) in [5.41, 5.74) is 1.59. The van der Waals surface area contributed by atoms with Gasteiger partial charge in [-0.15, -0.1) is 0 Å². The number of carbonyl (C=O) groups excluding carboxylic acids is 2. The van der Waals surface area contributed by atoms with E-state index in [1.54, 1.807) is 24.3 Å². The SMILES string of the molecule is CCCOc1ccc(C2C(=C(O)c3cc(C)ccc3O)C(=O)C(=O)N2CCN2CCOCC2)cc1. The van der Waals surface area contributed by atoms with Crippen molar-refractivity contribution in [1.29, 1.82) is 0 Å². The Morgan fingerprint density at radius 3 is 2.49 bits per heavy atom. The molecular formula is C27H32N2O6. The van der Waals surface area contributed by atoms with E-state index in [1.165, 1.54) is 11.0 Å². The number of aryl methyl sites for hydroxylation is 1. The van der Waals surface area contributed by atoms with Crippen LogP contribution in [0.25, 0.3) is 5.76 Å². The lowest BCUT2D eigenvalue weighted by Crippen LogP contribution is -2.42. The maximum atomic E-state index is 13.2. The number of morpholine rings is 1. The largest absolute Gasteiger partial charge is 0.507 e. The second-order valence-corrected chi connectivity index (χ2v) is 8.88. The number of Topliss-reactive ketones (excluding diaryl/α,β-unsaturated/α-hetero) is 1. The highest BCUT2D eigenvalue weighted by atomic mass is 16.5. The van der Waals surface area contributed by atoms with E-state index in [4.69, 9.17) is 9.47 Å². The summed E-state index contributed by atoms with van der Waals surface area (Å²) in [6.45, 7) is 8.12. The zero-order valence-corrected chi connectivity index (χ0v) is 20.2. The molecule has 2 N–H and O–H groups in total. The Labute approximate surface area is 205 Å². The van der Waals surface area contributed by atoms with Gasteiger partial charge in [-0.1, -0.05) is 30.7 Å². The molecule has 4 rings (SSSR count). The molecule has 35 heavy (non-hydrogen) atoms. The molecule has 0 bridgehead atoms. The van der Waals surface area contributed by atoms with E-state index in [-0.39, 0.29) is 22.6 Å². The van der Waals surface area contributed by atoms with E-state index in [0.29, 0.717) is 44.2 Å². The number of likely N-dealkylation sites (tertiary alicyclic amines) is 1. The van der Waals surface area contributed by atoms with Crippen LogP contribution >= 0.6 is 0 Å². The fraction of sp³-hybridized carbons (Fsp3) is 0.407. The summed E-state index contributed by atoms with van der Waals surface area (Å²) in [6.07, 6.45) is 0.878. The number of benzene rings is 2. The van der Waals surface area contributed by atoms with Crippen molar-refractivity contribution in [3.05, 3.63) is 64.7 Å². The highest BCUT2D eigenvalue weighted by Gasteiger charge is 2.46. The van der Waals surface area contributed by atoms with Gasteiger partial charge in [0.2, 0.25) is 0 Å². The van der Waals surface area contributed by atoms with Gasteiger partial charge < -0.3 is 24.6 Å². The molecule has 2 fully saturated rings. The van der Waals surface area contributed by atoms with Gasteiger partial charge in [0.25, 0.3) is 11.7 Å². The van der Waals surface area contributed by atoms with Gasteiger partial charge in [-0.3, -0.25) is 14.5 Å². The van der Waals surface area contributed by atoms with Crippen LogP contribution in [0.4, 0.5) is 0 Å². The minimum atomic E-state index is -0.781. The summed E-state index contributed by atoms with van der Waals surface area (Å²) in [4.78, 5) is 30.1. The number of phenolic OH excluding ortho intramolecular Hbond substituents is 1. The lowest BCUT2D eigenvalue weighted by atomic mass is 9.94. The van der Waals surface area contributed by atoms with Gasteiger partial charge in [0.1, 0.15) is 17.3 Å². The number of ketones is 1. The predicted molar refractivity (Wildman–Crippen MR) is 131 cm³/mol. The number of phenols is 1. The highest BCUT2D eigenvalue weighted by Crippen LogP contribution is 2.41. The molecule has 0 aromatic heterocycles. The molecule has 2 heterocycles. The Morgan fingerprint density at radius 1 is 1.09 bits per heavy atom. The molecule has 1 unspecified atom stereocenters. The third-order valence-corrected chi connectivity index (χ3v) is 6.38. The molecule has 0 saturated carbocycles. The monoisotopic (exact) mass is 480 g/mol. The van der Waals surface area contributed by atoms with Crippen molar-refractivity contribution in [2.45, 2.75) is 26.3 Å². The summed E-state index contributed by atoms with van der Waals surface area (Å²) in [5.74, 6) is -1.27. The van der Waals surface area contributed by atoms with Crippen molar-refractivity contribution < 1.29 is 29.3 Å². The number of aliphatic hydroxyl groups excluding tert-OH is 1. The molecule has 2 aliphatic rings. The number of hydrogen-bond acceptors (Lipinski definition) is 7. The smallest absolute Gasteiger partial charge is 0.295 e. The number of nitrogens with zero attached hydrogens (tertiary/aromatic N) is 2. The minimum absolute atomic E-state index is 0.0277. The topological polar surface area (TPSA) is 99.5 Å². The number of aromatic hydroxyl groups is 1. The van der Waals surface area contributed by atoms with Gasteiger partial charge in [-0.05, 0) is 43.2 Å². The Hall–Kier alpha value is -3.36. The van der Waals surface area contributed by atoms with Crippen molar-refractivity contribution >= 4 is 17.4 Å². The lowest BCUT2D eigenvalue weighted by Gasteiger charge is -2.31. The molecule has 8 nitrogen and oxygen atoms in total.